The molecule has 0 aliphatic heterocycles. The molecule has 100 valence electrons. The molecule has 0 saturated carbocycles. The minimum atomic E-state index is 0.166. The third-order valence-electron chi connectivity index (χ3n) is 2.74. The fourth-order valence-corrected chi connectivity index (χ4v) is 2.73. The Kier molecular flexibility index (Phi) is 4.39. The fraction of sp³-hybridized carbons (Fsp3) is 0.357. The van der Waals surface area contributed by atoms with Gasteiger partial charge in [0.2, 0.25) is 0 Å². The van der Waals surface area contributed by atoms with Crippen molar-refractivity contribution in [3.63, 3.8) is 0 Å². The van der Waals surface area contributed by atoms with Gasteiger partial charge in [0.05, 0.1) is 10.6 Å². The average Bonchev–Trinajstić information content (AvgIpc) is 2.79. The van der Waals surface area contributed by atoms with Gasteiger partial charge in [-0.1, -0.05) is 0 Å². The summed E-state index contributed by atoms with van der Waals surface area (Å²) in [6.07, 6.45) is 4.03. The lowest BCUT2D eigenvalue weighted by Crippen LogP contribution is -2.16. The molecule has 0 amide bonds. The number of aromatic nitrogens is 2. The Labute approximate surface area is 117 Å². The average molecular weight is 275 g/mol. The molecule has 0 N–H and O–H groups in total. The Morgan fingerprint density at radius 1 is 1.42 bits per heavy atom. The van der Waals surface area contributed by atoms with E-state index in [1.807, 2.05) is 38.1 Å². The number of hydrogen-bond acceptors (Lipinski definition) is 5. The van der Waals surface area contributed by atoms with E-state index in [2.05, 4.69) is 9.97 Å². The van der Waals surface area contributed by atoms with Crippen molar-refractivity contribution in [3.8, 4) is 10.6 Å². The Balaban J connectivity index is 2.20. The largest absolute Gasteiger partial charge is 0.309 e. The van der Waals surface area contributed by atoms with Crippen molar-refractivity contribution in [3.05, 3.63) is 35.1 Å². The second-order valence-corrected chi connectivity index (χ2v) is 5.65. The van der Waals surface area contributed by atoms with Crippen LogP contribution in [-0.4, -0.2) is 41.3 Å². The lowest BCUT2D eigenvalue weighted by Gasteiger charge is -2.07. The maximum atomic E-state index is 12.1. The van der Waals surface area contributed by atoms with Crippen LogP contribution in [-0.2, 0) is 0 Å². The summed E-state index contributed by atoms with van der Waals surface area (Å²) in [4.78, 5) is 23.5. The highest BCUT2D eigenvalue weighted by Crippen LogP contribution is 2.28. The van der Waals surface area contributed by atoms with Crippen LogP contribution >= 0.6 is 11.3 Å². The number of hydrogen-bond donors (Lipinski definition) is 0. The number of thiazole rings is 1. The molecule has 0 unspecified atom stereocenters. The number of rotatable bonds is 5. The Hall–Kier alpha value is -1.59. The molecule has 0 spiro atoms. The molecule has 0 bridgehead atoms. The highest BCUT2D eigenvalue weighted by atomic mass is 32.1. The van der Waals surface area contributed by atoms with Gasteiger partial charge in [-0.05, 0) is 33.2 Å². The smallest absolute Gasteiger partial charge is 0.175 e. The highest BCUT2D eigenvalue weighted by molar-refractivity contribution is 7.17. The summed E-state index contributed by atoms with van der Waals surface area (Å²) in [5.74, 6) is 0.166. The number of carbonyl (C=O) groups excluding carboxylic acids is 1. The zero-order chi connectivity index (χ0) is 13.8. The van der Waals surface area contributed by atoms with Gasteiger partial charge >= 0.3 is 0 Å². The van der Waals surface area contributed by atoms with Crippen molar-refractivity contribution in [2.45, 2.75) is 13.3 Å². The van der Waals surface area contributed by atoms with Crippen molar-refractivity contribution in [2.24, 2.45) is 0 Å². The van der Waals surface area contributed by atoms with E-state index in [-0.39, 0.29) is 5.78 Å². The molecule has 2 aromatic rings. The second-order valence-electron chi connectivity index (χ2n) is 4.65. The Morgan fingerprint density at radius 2 is 2.21 bits per heavy atom. The molecule has 0 aromatic carbocycles. The van der Waals surface area contributed by atoms with E-state index in [1.165, 1.54) is 11.3 Å². The zero-order valence-corrected chi connectivity index (χ0v) is 12.2. The fourth-order valence-electron chi connectivity index (χ4n) is 1.71. The maximum Gasteiger partial charge on any atom is 0.175 e. The van der Waals surface area contributed by atoms with Crippen LogP contribution in [0.25, 0.3) is 10.6 Å². The van der Waals surface area contributed by atoms with E-state index in [4.69, 9.17) is 0 Å². The van der Waals surface area contributed by atoms with Gasteiger partial charge in [-0.2, -0.15) is 0 Å². The van der Waals surface area contributed by atoms with Crippen molar-refractivity contribution >= 4 is 17.1 Å². The number of Topliss-reactive ketones (excluding diaryl/α,β-unsaturated/α-hetero) is 1. The summed E-state index contributed by atoms with van der Waals surface area (Å²) < 4.78 is 0. The van der Waals surface area contributed by atoms with Crippen LogP contribution in [0.15, 0.2) is 24.5 Å². The van der Waals surface area contributed by atoms with Crippen molar-refractivity contribution < 1.29 is 4.79 Å². The summed E-state index contributed by atoms with van der Waals surface area (Å²) in [5, 5.41) is 0.860. The van der Waals surface area contributed by atoms with Crippen LogP contribution < -0.4 is 0 Å². The van der Waals surface area contributed by atoms with E-state index in [0.717, 1.165) is 27.7 Å². The molecule has 19 heavy (non-hydrogen) atoms. The molecule has 0 fully saturated rings. The Bertz CT molecular complexity index is 563. The summed E-state index contributed by atoms with van der Waals surface area (Å²) >= 11 is 1.45. The topological polar surface area (TPSA) is 46.1 Å². The Morgan fingerprint density at radius 3 is 2.84 bits per heavy atom. The third kappa shape index (κ3) is 3.45. The molecular formula is C14H17N3OS. The number of pyridine rings is 1. The molecule has 2 rings (SSSR count). The number of ketones is 1. The molecule has 2 heterocycles. The molecule has 0 saturated heterocycles. The first-order chi connectivity index (χ1) is 9.08. The summed E-state index contributed by atoms with van der Waals surface area (Å²) in [5.41, 5.74) is 1.77. The minimum Gasteiger partial charge on any atom is -0.309 e. The van der Waals surface area contributed by atoms with Gasteiger partial charge in [0, 0.05) is 30.9 Å². The SMILES string of the molecule is Cc1nc(-c2cccnc2)sc1C(=O)CCN(C)C. The quantitative estimate of drug-likeness (QED) is 0.787. The predicted octanol–water partition coefficient (Wildman–Crippen LogP) is 2.65. The number of carbonyl (C=O) groups is 1. The van der Waals surface area contributed by atoms with Gasteiger partial charge < -0.3 is 4.90 Å². The summed E-state index contributed by atoms with van der Waals surface area (Å²) in [6.45, 7) is 2.65. The van der Waals surface area contributed by atoms with Gasteiger partial charge in [-0.3, -0.25) is 9.78 Å². The summed E-state index contributed by atoms with van der Waals surface area (Å²) in [6, 6.07) is 3.83. The van der Waals surface area contributed by atoms with Gasteiger partial charge in [0.25, 0.3) is 0 Å². The molecule has 2 aromatic heterocycles. The minimum absolute atomic E-state index is 0.166. The van der Waals surface area contributed by atoms with Crippen molar-refractivity contribution in [1.82, 2.24) is 14.9 Å². The van der Waals surface area contributed by atoms with E-state index >= 15 is 0 Å². The lowest BCUT2D eigenvalue weighted by molar-refractivity contribution is 0.0975. The predicted molar refractivity (Wildman–Crippen MR) is 77.6 cm³/mol. The standard InChI is InChI=1S/C14H17N3OS/c1-10-13(12(18)6-8-17(2)3)19-14(16-10)11-5-4-7-15-9-11/h4-5,7,9H,6,8H2,1-3H3. The maximum absolute atomic E-state index is 12.1. The van der Waals surface area contributed by atoms with Crippen LogP contribution in [0.1, 0.15) is 21.8 Å². The van der Waals surface area contributed by atoms with E-state index in [1.54, 1.807) is 12.4 Å². The molecule has 5 heteroatoms. The zero-order valence-electron chi connectivity index (χ0n) is 11.4. The first-order valence-electron chi connectivity index (χ1n) is 6.13. The van der Waals surface area contributed by atoms with E-state index < -0.39 is 0 Å². The van der Waals surface area contributed by atoms with Gasteiger partial charge in [0.1, 0.15) is 5.01 Å². The third-order valence-corrected chi connectivity index (χ3v) is 3.99. The second kappa shape index (κ2) is 6.04. The van der Waals surface area contributed by atoms with Gasteiger partial charge in [-0.25, -0.2) is 4.98 Å². The van der Waals surface area contributed by atoms with E-state index in [9.17, 15) is 4.79 Å². The van der Waals surface area contributed by atoms with Crippen LogP contribution in [0.5, 0.6) is 0 Å². The van der Waals surface area contributed by atoms with Crippen LogP contribution in [0.3, 0.4) is 0 Å². The van der Waals surface area contributed by atoms with Crippen LogP contribution in [0.2, 0.25) is 0 Å². The highest BCUT2D eigenvalue weighted by Gasteiger charge is 2.16. The number of nitrogens with zero attached hydrogens (tertiary/aromatic N) is 3. The first kappa shape index (κ1) is 13.8. The van der Waals surface area contributed by atoms with Crippen molar-refractivity contribution in [2.75, 3.05) is 20.6 Å². The summed E-state index contributed by atoms with van der Waals surface area (Å²) in [7, 11) is 3.93. The first-order valence-corrected chi connectivity index (χ1v) is 6.95. The molecule has 0 radical (unpaired) electrons. The van der Waals surface area contributed by atoms with Crippen LogP contribution in [0.4, 0.5) is 0 Å². The monoisotopic (exact) mass is 275 g/mol. The van der Waals surface area contributed by atoms with Gasteiger partial charge in [0.15, 0.2) is 5.78 Å². The van der Waals surface area contributed by atoms with Crippen LogP contribution in [0, 0.1) is 6.92 Å². The molecule has 0 aliphatic rings. The lowest BCUT2D eigenvalue weighted by atomic mass is 10.2. The van der Waals surface area contributed by atoms with E-state index in [0.29, 0.717) is 6.42 Å². The van der Waals surface area contributed by atoms with Gasteiger partial charge in [-0.15, -0.1) is 11.3 Å². The molecule has 0 atom stereocenters. The normalized spacial score (nSPS) is 10.9. The molecule has 0 aliphatic carbocycles. The molecular weight excluding hydrogens is 258 g/mol. The van der Waals surface area contributed by atoms with Crippen molar-refractivity contribution in [1.29, 1.82) is 0 Å². The number of aryl methyl sites for hydroxylation is 1. The molecule has 4 nitrogen and oxygen atoms in total.